The second-order valence-electron chi connectivity index (χ2n) is 3.59. The van der Waals surface area contributed by atoms with Crippen molar-refractivity contribution in [3.05, 3.63) is 29.6 Å². The Morgan fingerprint density at radius 1 is 1.58 bits per heavy atom. The van der Waals surface area contributed by atoms with Crippen LogP contribution in [0, 0.1) is 0 Å². The molecule has 0 aliphatic rings. The van der Waals surface area contributed by atoms with Gasteiger partial charge in [0.25, 0.3) is 0 Å². The summed E-state index contributed by atoms with van der Waals surface area (Å²) in [6, 6.07) is 3.58. The third-order valence-corrected chi connectivity index (χ3v) is 3.33. The van der Waals surface area contributed by atoms with E-state index in [1.54, 1.807) is 29.9 Å². The number of carbonyl (C=O) groups excluding carboxylic acids is 2. The molecule has 0 aromatic carbocycles. The van der Waals surface area contributed by atoms with Crippen molar-refractivity contribution < 1.29 is 14.0 Å². The zero-order valence-corrected chi connectivity index (χ0v) is 12.0. The average molecular weight is 298 g/mol. The standard InChI is InChI=1S/C12H14N2O3S2/c1-9(15)14(6-4-11(13)16)12(18)19-8-5-10-3-2-7-17-10/h2-3,5,7-8H,4,6H2,1H3,(H2,13,16)/b8-5+. The second kappa shape index (κ2) is 7.75. The number of hydrogen-bond acceptors (Lipinski definition) is 5. The van der Waals surface area contributed by atoms with E-state index in [1.165, 1.54) is 23.6 Å². The molecule has 0 bridgehead atoms. The monoisotopic (exact) mass is 298 g/mol. The molecule has 2 N–H and O–H groups in total. The van der Waals surface area contributed by atoms with Crippen LogP contribution in [0.1, 0.15) is 19.1 Å². The van der Waals surface area contributed by atoms with Crippen molar-refractivity contribution in [1.82, 2.24) is 4.90 Å². The van der Waals surface area contributed by atoms with Crippen LogP contribution < -0.4 is 5.73 Å². The fraction of sp³-hybridized carbons (Fsp3) is 0.250. The smallest absolute Gasteiger partial charge is 0.224 e. The summed E-state index contributed by atoms with van der Waals surface area (Å²) < 4.78 is 5.49. The van der Waals surface area contributed by atoms with Crippen molar-refractivity contribution in [2.75, 3.05) is 6.54 Å². The minimum absolute atomic E-state index is 0.0855. The predicted molar refractivity (Wildman–Crippen MR) is 79.1 cm³/mol. The number of rotatable bonds is 5. The first kappa shape index (κ1) is 15.5. The van der Waals surface area contributed by atoms with Gasteiger partial charge in [-0.25, -0.2) is 0 Å². The third kappa shape index (κ3) is 5.71. The number of primary amides is 1. The van der Waals surface area contributed by atoms with Crippen LogP contribution in [0.2, 0.25) is 0 Å². The SMILES string of the molecule is CC(=O)N(CCC(N)=O)C(=S)S/C=C/c1ccco1. The first-order valence-corrected chi connectivity index (χ1v) is 6.76. The lowest BCUT2D eigenvalue weighted by atomic mass is 10.4. The minimum atomic E-state index is -0.467. The van der Waals surface area contributed by atoms with Gasteiger partial charge in [0.05, 0.1) is 6.26 Å². The van der Waals surface area contributed by atoms with Crippen molar-refractivity contribution in [2.24, 2.45) is 5.73 Å². The fourth-order valence-corrected chi connectivity index (χ4v) is 2.26. The molecule has 19 heavy (non-hydrogen) atoms. The molecule has 0 unspecified atom stereocenters. The van der Waals surface area contributed by atoms with Crippen LogP contribution in [0.5, 0.6) is 0 Å². The summed E-state index contributed by atoms with van der Waals surface area (Å²) in [5, 5.41) is 1.72. The maximum Gasteiger partial charge on any atom is 0.224 e. The van der Waals surface area contributed by atoms with Crippen molar-refractivity contribution >= 4 is 46.2 Å². The molecule has 1 aromatic rings. The van der Waals surface area contributed by atoms with Gasteiger partial charge in [-0.15, -0.1) is 0 Å². The van der Waals surface area contributed by atoms with E-state index in [1.807, 2.05) is 0 Å². The molecule has 0 saturated heterocycles. The normalized spacial score (nSPS) is 10.6. The molecule has 1 rings (SSSR count). The highest BCUT2D eigenvalue weighted by Gasteiger charge is 2.14. The van der Waals surface area contributed by atoms with Gasteiger partial charge in [0.15, 0.2) is 0 Å². The lowest BCUT2D eigenvalue weighted by Crippen LogP contribution is -2.34. The van der Waals surface area contributed by atoms with E-state index in [0.717, 1.165) is 0 Å². The number of nitrogens with zero attached hydrogens (tertiary/aromatic N) is 1. The maximum atomic E-state index is 11.4. The molecule has 2 amide bonds. The number of hydrogen-bond donors (Lipinski definition) is 1. The van der Waals surface area contributed by atoms with E-state index < -0.39 is 5.91 Å². The van der Waals surface area contributed by atoms with Crippen LogP contribution in [-0.4, -0.2) is 27.6 Å². The average Bonchev–Trinajstić information content (AvgIpc) is 2.81. The zero-order chi connectivity index (χ0) is 14.3. The van der Waals surface area contributed by atoms with E-state index in [-0.39, 0.29) is 18.9 Å². The van der Waals surface area contributed by atoms with Gasteiger partial charge in [0.1, 0.15) is 10.1 Å². The summed E-state index contributed by atoms with van der Waals surface area (Å²) >= 11 is 6.34. The summed E-state index contributed by atoms with van der Waals surface area (Å²) in [5.74, 6) is 0.0112. The molecule has 102 valence electrons. The largest absolute Gasteiger partial charge is 0.465 e. The van der Waals surface area contributed by atoms with Gasteiger partial charge in [0.2, 0.25) is 11.8 Å². The number of amides is 2. The third-order valence-electron chi connectivity index (χ3n) is 2.13. The number of nitrogens with two attached hydrogens (primary N) is 1. The Labute approximate surface area is 120 Å². The van der Waals surface area contributed by atoms with Crippen LogP contribution >= 0.6 is 24.0 Å². The lowest BCUT2D eigenvalue weighted by molar-refractivity contribution is -0.125. The number of thiocarbonyl (C=S) groups is 1. The maximum absolute atomic E-state index is 11.4. The van der Waals surface area contributed by atoms with Crippen LogP contribution in [0.25, 0.3) is 6.08 Å². The molecule has 7 heteroatoms. The Morgan fingerprint density at radius 2 is 2.32 bits per heavy atom. The molecular weight excluding hydrogens is 284 g/mol. The molecular formula is C12H14N2O3S2. The molecule has 0 aliphatic heterocycles. The molecule has 0 aliphatic carbocycles. The van der Waals surface area contributed by atoms with Crippen LogP contribution in [0.15, 0.2) is 28.2 Å². The van der Waals surface area contributed by atoms with Gasteiger partial charge in [-0.3, -0.25) is 14.5 Å². The Balaban J connectivity index is 2.52. The summed E-state index contributed by atoms with van der Waals surface area (Å²) in [7, 11) is 0. The highest BCUT2D eigenvalue weighted by Crippen LogP contribution is 2.14. The van der Waals surface area contributed by atoms with Gasteiger partial charge in [0, 0.05) is 19.9 Å². The van der Waals surface area contributed by atoms with Crippen LogP contribution in [0.4, 0.5) is 0 Å². The zero-order valence-electron chi connectivity index (χ0n) is 10.4. The molecule has 0 saturated carbocycles. The molecule has 0 fully saturated rings. The van der Waals surface area contributed by atoms with Gasteiger partial charge >= 0.3 is 0 Å². The highest BCUT2D eigenvalue weighted by molar-refractivity contribution is 8.24. The van der Waals surface area contributed by atoms with Gasteiger partial charge in [-0.2, -0.15) is 0 Å². The van der Waals surface area contributed by atoms with Crippen LogP contribution in [0.3, 0.4) is 0 Å². The Hall–Kier alpha value is -1.60. The summed E-state index contributed by atoms with van der Waals surface area (Å²) in [4.78, 5) is 23.5. The van der Waals surface area contributed by atoms with E-state index in [4.69, 9.17) is 22.4 Å². The molecule has 5 nitrogen and oxygen atoms in total. The van der Waals surface area contributed by atoms with E-state index in [0.29, 0.717) is 10.1 Å². The summed E-state index contributed by atoms with van der Waals surface area (Å²) in [6.45, 7) is 1.59. The van der Waals surface area contributed by atoms with Gasteiger partial charge in [-0.1, -0.05) is 24.0 Å². The predicted octanol–water partition coefficient (Wildman–Crippen LogP) is 1.99. The summed E-state index contributed by atoms with van der Waals surface area (Å²) in [6.07, 6.45) is 3.39. The molecule has 1 heterocycles. The summed E-state index contributed by atoms with van der Waals surface area (Å²) in [5.41, 5.74) is 5.05. The van der Waals surface area contributed by atoms with Crippen molar-refractivity contribution in [2.45, 2.75) is 13.3 Å². The molecule has 0 spiro atoms. The highest BCUT2D eigenvalue weighted by atomic mass is 32.2. The molecule has 1 aromatic heterocycles. The fourth-order valence-electron chi connectivity index (χ4n) is 1.21. The molecule has 0 radical (unpaired) electrons. The first-order chi connectivity index (χ1) is 9.00. The number of furan rings is 1. The van der Waals surface area contributed by atoms with Crippen LogP contribution in [-0.2, 0) is 9.59 Å². The quantitative estimate of drug-likeness (QED) is 0.841. The number of thioether (sulfide) groups is 1. The lowest BCUT2D eigenvalue weighted by Gasteiger charge is -2.19. The van der Waals surface area contributed by atoms with Gasteiger partial charge < -0.3 is 10.2 Å². The van der Waals surface area contributed by atoms with Crippen molar-refractivity contribution in [1.29, 1.82) is 0 Å². The Morgan fingerprint density at radius 3 is 2.84 bits per heavy atom. The van der Waals surface area contributed by atoms with E-state index in [2.05, 4.69) is 0 Å². The Bertz CT molecular complexity index is 483. The van der Waals surface area contributed by atoms with E-state index >= 15 is 0 Å². The topological polar surface area (TPSA) is 76.5 Å². The van der Waals surface area contributed by atoms with Gasteiger partial charge in [-0.05, 0) is 23.6 Å². The second-order valence-corrected chi connectivity index (χ2v) is 5.13. The van der Waals surface area contributed by atoms with E-state index in [9.17, 15) is 9.59 Å². The number of carbonyl (C=O) groups is 2. The minimum Gasteiger partial charge on any atom is -0.465 e. The first-order valence-electron chi connectivity index (χ1n) is 5.48. The van der Waals surface area contributed by atoms with Crippen molar-refractivity contribution in [3.8, 4) is 0 Å². The Kier molecular flexibility index (Phi) is 6.31. The van der Waals surface area contributed by atoms with Crippen molar-refractivity contribution in [3.63, 3.8) is 0 Å². The molecule has 0 atom stereocenters.